The first-order valence-corrected chi connectivity index (χ1v) is 11.7. The minimum absolute atomic E-state index is 0.0728. The summed E-state index contributed by atoms with van der Waals surface area (Å²) in [6.45, 7) is 9.97. The first-order valence-electron chi connectivity index (χ1n) is 11.7. The number of fused-ring (bicyclic) bond motifs is 1. The van der Waals surface area contributed by atoms with Crippen LogP contribution in [0.1, 0.15) is 45.4 Å². The SMILES string of the molecule is C/C=C(C)/C=C/C=C/[C@H](OC)[C@@H](C)[C@@H](OC)[C@@H](C)CCc1oc2cc(O)cc(O)c2c(=O)c1C. The Morgan fingerprint density at radius 1 is 1.15 bits per heavy atom. The molecule has 6 nitrogen and oxygen atoms in total. The highest BCUT2D eigenvalue weighted by Crippen LogP contribution is 2.30. The number of phenolic OH excluding ortho intramolecular Hbond substituents is 2. The minimum Gasteiger partial charge on any atom is -0.508 e. The molecule has 0 saturated heterocycles. The van der Waals surface area contributed by atoms with E-state index >= 15 is 0 Å². The molecular formula is C28H38O6. The summed E-state index contributed by atoms with van der Waals surface area (Å²) < 4.78 is 17.5. The average Bonchev–Trinajstić information content (AvgIpc) is 2.80. The Hall–Kier alpha value is -2.83. The van der Waals surface area contributed by atoms with E-state index in [1.165, 1.54) is 11.6 Å². The van der Waals surface area contributed by atoms with E-state index in [9.17, 15) is 15.0 Å². The standard InChI is InChI=1S/C28H38O6/c1-8-17(2)11-9-10-12-23(32-6)20(5)28(33-7)18(3)13-14-24-19(4)27(31)26-22(30)15-21(29)16-25(26)34-24/h8-12,15-16,18,20,23,28-30H,13-14H2,1-7H3/b11-9+,12-10+,17-8+/t18-,20+,23-,28-/m0/s1. The molecule has 1 aromatic heterocycles. The van der Waals surface area contributed by atoms with Crippen LogP contribution in [-0.2, 0) is 15.9 Å². The van der Waals surface area contributed by atoms with Gasteiger partial charge in [-0.2, -0.15) is 0 Å². The summed E-state index contributed by atoms with van der Waals surface area (Å²) >= 11 is 0. The molecule has 2 rings (SSSR count). The Balaban J connectivity index is 2.17. The number of hydrogen-bond acceptors (Lipinski definition) is 6. The lowest BCUT2D eigenvalue weighted by atomic mass is 9.86. The van der Waals surface area contributed by atoms with Gasteiger partial charge in [-0.25, -0.2) is 0 Å². The number of aryl methyl sites for hydroxylation is 1. The van der Waals surface area contributed by atoms with Gasteiger partial charge >= 0.3 is 0 Å². The maximum Gasteiger partial charge on any atom is 0.199 e. The second kappa shape index (κ2) is 12.6. The Morgan fingerprint density at radius 3 is 2.47 bits per heavy atom. The summed E-state index contributed by atoms with van der Waals surface area (Å²) in [6, 6.07) is 2.49. The molecule has 0 aliphatic heterocycles. The topological polar surface area (TPSA) is 89.1 Å². The molecule has 0 bridgehead atoms. The largest absolute Gasteiger partial charge is 0.508 e. The van der Waals surface area contributed by atoms with Crippen molar-refractivity contribution in [1.82, 2.24) is 0 Å². The van der Waals surface area contributed by atoms with Crippen LogP contribution in [-0.4, -0.2) is 36.6 Å². The molecule has 4 atom stereocenters. The lowest BCUT2D eigenvalue weighted by Crippen LogP contribution is -2.36. The quantitative estimate of drug-likeness (QED) is 0.402. The Kier molecular flexibility index (Phi) is 10.1. The molecule has 2 N–H and O–H groups in total. The smallest absolute Gasteiger partial charge is 0.199 e. The second-order valence-electron chi connectivity index (χ2n) is 8.87. The van der Waals surface area contributed by atoms with Gasteiger partial charge in [0.05, 0.1) is 12.2 Å². The van der Waals surface area contributed by atoms with Gasteiger partial charge in [-0.15, -0.1) is 0 Å². The Labute approximate surface area is 202 Å². The zero-order valence-corrected chi connectivity index (χ0v) is 21.3. The van der Waals surface area contributed by atoms with Crippen LogP contribution in [0.25, 0.3) is 11.0 Å². The van der Waals surface area contributed by atoms with Crippen molar-refractivity contribution in [3.05, 3.63) is 69.6 Å². The highest BCUT2D eigenvalue weighted by molar-refractivity contribution is 5.85. The van der Waals surface area contributed by atoms with Crippen LogP contribution in [0.2, 0.25) is 0 Å². The lowest BCUT2D eigenvalue weighted by Gasteiger charge is -2.32. The van der Waals surface area contributed by atoms with Crippen molar-refractivity contribution in [1.29, 1.82) is 0 Å². The van der Waals surface area contributed by atoms with E-state index < -0.39 is 0 Å². The highest BCUT2D eigenvalue weighted by Gasteiger charge is 2.29. The van der Waals surface area contributed by atoms with E-state index in [2.05, 4.69) is 13.8 Å². The van der Waals surface area contributed by atoms with Gasteiger partial charge in [-0.1, -0.05) is 49.8 Å². The maximum atomic E-state index is 12.8. The van der Waals surface area contributed by atoms with E-state index in [1.54, 1.807) is 21.1 Å². The number of benzene rings is 1. The second-order valence-corrected chi connectivity index (χ2v) is 8.87. The molecule has 1 heterocycles. The average molecular weight is 471 g/mol. The van der Waals surface area contributed by atoms with Crippen LogP contribution in [0.5, 0.6) is 11.5 Å². The van der Waals surface area contributed by atoms with Crippen molar-refractivity contribution in [2.24, 2.45) is 11.8 Å². The first-order chi connectivity index (χ1) is 16.1. The molecule has 186 valence electrons. The molecule has 1 aromatic carbocycles. The van der Waals surface area contributed by atoms with Crippen molar-refractivity contribution < 1.29 is 24.1 Å². The fourth-order valence-electron chi connectivity index (χ4n) is 4.28. The molecule has 34 heavy (non-hydrogen) atoms. The summed E-state index contributed by atoms with van der Waals surface area (Å²) in [6.07, 6.45) is 11.2. The van der Waals surface area contributed by atoms with Crippen LogP contribution in [0, 0.1) is 18.8 Å². The number of ether oxygens (including phenoxy) is 2. The van der Waals surface area contributed by atoms with Gasteiger partial charge in [-0.3, -0.25) is 4.79 Å². The van der Waals surface area contributed by atoms with Crippen LogP contribution in [0.3, 0.4) is 0 Å². The molecule has 0 aliphatic rings. The van der Waals surface area contributed by atoms with Gasteiger partial charge < -0.3 is 24.1 Å². The Bertz CT molecular complexity index is 1110. The number of rotatable bonds is 11. The fourth-order valence-corrected chi connectivity index (χ4v) is 4.28. The molecule has 0 amide bonds. The van der Waals surface area contributed by atoms with Gasteiger partial charge in [0.15, 0.2) is 5.43 Å². The van der Waals surface area contributed by atoms with E-state index in [0.717, 1.165) is 12.5 Å². The monoisotopic (exact) mass is 470 g/mol. The highest BCUT2D eigenvalue weighted by atomic mass is 16.5. The van der Waals surface area contributed by atoms with Crippen molar-refractivity contribution in [3.8, 4) is 11.5 Å². The summed E-state index contributed by atoms with van der Waals surface area (Å²) in [7, 11) is 3.40. The third-order valence-corrected chi connectivity index (χ3v) is 6.48. The van der Waals surface area contributed by atoms with Crippen LogP contribution >= 0.6 is 0 Å². The van der Waals surface area contributed by atoms with Crippen molar-refractivity contribution in [3.63, 3.8) is 0 Å². The van der Waals surface area contributed by atoms with Gasteiger partial charge in [0, 0.05) is 44.3 Å². The molecule has 0 aliphatic carbocycles. The molecule has 0 radical (unpaired) electrons. The zero-order valence-electron chi connectivity index (χ0n) is 21.3. The summed E-state index contributed by atoms with van der Waals surface area (Å²) in [5.74, 6) is 0.360. The number of hydrogen-bond donors (Lipinski definition) is 2. The number of allylic oxidation sites excluding steroid dienone is 5. The minimum atomic E-state index is -0.288. The van der Waals surface area contributed by atoms with Gasteiger partial charge in [-0.05, 0) is 33.1 Å². The van der Waals surface area contributed by atoms with Crippen LogP contribution in [0.4, 0.5) is 0 Å². The number of methoxy groups -OCH3 is 2. The molecule has 0 fully saturated rings. The molecule has 0 unspecified atom stereocenters. The van der Waals surface area contributed by atoms with Crippen molar-refractivity contribution >= 4 is 11.0 Å². The van der Waals surface area contributed by atoms with Crippen LogP contribution < -0.4 is 5.43 Å². The fraction of sp³-hybridized carbons (Fsp3) is 0.464. The van der Waals surface area contributed by atoms with E-state index in [1.807, 2.05) is 44.2 Å². The van der Waals surface area contributed by atoms with Gasteiger partial charge in [0.1, 0.15) is 28.2 Å². The number of phenols is 2. The third kappa shape index (κ3) is 6.61. The molecule has 0 saturated carbocycles. The summed E-state index contributed by atoms with van der Waals surface area (Å²) in [5.41, 5.74) is 1.54. The summed E-state index contributed by atoms with van der Waals surface area (Å²) in [4.78, 5) is 12.8. The van der Waals surface area contributed by atoms with Crippen molar-refractivity contribution in [2.75, 3.05) is 14.2 Å². The van der Waals surface area contributed by atoms with Crippen LogP contribution in [0.15, 0.2) is 57.3 Å². The van der Waals surface area contributed by atoms with E-state index in [-0.39, 0.29) is 51.9 Å². The maximum absolute atomic E-state index is 12.8. The van der Waals surface area contributed by atoms with E-state index in [4.69, 9.17) is 13.9 Å². The predicted molar refractivity (Wildman–Crippen MR) is 137 cm³/mol. The molecule has 2 aromatic rings. The predicted octanol–water partition coefficient (Wildman–Crippen LogP) is 5.83. The summed E-state index contributed by atoms with van der Waals surface area (Å²) in [5, 5.41) is 19.9. The molecule has 6 heteroatoms. The normalized spacial score (nSPS) is 16.4. The van der Waals surface area contributed by atoms with E-state index in [0.29, 0.717) is 17.7 Å². The lowest BCUT2D eigenvalue weighted by molar-refractivity contribution is -0.0343. The third-order valence-electron chi connectivity index (χ3n) is 6.48. The molecule has 0 spiro atoms. The van der Waals surface area contributed by atoms with Gasteiger partial charge in [0.2, 0.25) is 0 Å². The number of aromatic hydroxyl groups is 2. The Morgan fingerprint density at radius 2 is 1.85 bits per heavy atom. The van der Waals surface area contributed by atoms with Crippen molar-refractivity contribution in [2.45, 2.75) is 59.7 Å². The first kappa shape index (κ1) is 27.4. The van der Waals surface area contributed by atoms with Gasteiger partial charge in [0.25, 0.3) is 0 Å². The zero-order chi connectivity index (χ0) is 25.4. The molecular weight excluding hydrogens is 432 g/mol.